The SMILES string of the molecule is CN(CC1CCCN1C)C(=O)c1cc(Br)ccc1Cl. The molecule has 1 aliphatic rings. The van der Waals surface area contributed by atoms with Gasteiger partial charge in [-0.05, 0) is 44.6 Å². The van der Waals surface area contributed by atoms with Crippen molar-refractivity contribution < 1.29 is 4.79 Å². The van der Waals surface area contributed by atoms with Crippen LogP contribution in [0.15, 0.2) is 22.7 Å². The number of nitrogens with zero attached hydrogens (tertiary/aromatic N) is 2. The van der Waals surface area contributed by atoms with Crippen molar-refractivity contribution in [3.05, 3.63) is 33.3 Å². The molecular formula is C14H18BrClN2O. The van der Waals surface area contributed by atoms with Gasteiger partial charge in [-0.3, -0.25) is 4.79 Å². The lowest BCUT2D eigenvalue weighted by atomic mass is 10.1. The molecule has 0 spiro atoms. The van der Waals surface area contributed by atoms with Crippen LogP contribution in [0.4, 0.5) is 0 Å². The summed E-state index contributed by atoms with van der Waals surface area (Å²) in [5.74, 6) is -0.0217. The fourth-order valence-electron chi connectivity index (χ4n) is 2.48. The minimum Gasteiger partial charge on any atom is -0.340 e. The van der Waals surface area contributed by atoms with Crippen molar-refractivity contribution in [1.82, 2.24) is 9.80 Å². The molecule has 19 heavy (non-hydrogen) atoms. The molecule has 1 atom stereocenters. The van der Waals surface area contributed by atoms with E-state index in [1.165, 1.54) is 6.42 Å². The van der Waals surface area contributed by atoms with Crippen molar-refractivity contribution in [1.29, 1.82) is 0 Å². The van der Waals surface area contributed by atoms with Crippen molar-refractivity contribution in [2.75, 3.05) is 27.2 Å². The molecule has 0 N–H and O–H groups in total. The van der Waals surface area contributed by atoms with E-state index in [9.17, 15) is 4.79 Å². The Morgan fingerprint density at radius 1 is 1.58 bits per heavy atom. The number of carbonyl (C=O) groups is 1. The lowest BCUT2D eigenvalue weighted by Gasteiger charge is -2.26. The molecule has 0 bridgehead atoms. The van der Waals surface area contributed by atoms with Gasteiger partial charge in [-0.25, -0.2) is 0 Å². The molecule has 104 valence electrons. The maximum Gasteiger partial charge on any atom is 0.255 e. The number of hydrogen-bond acceptors (Lipinski definition) is 2. The van der Waals surface area contributed by atoms with Crippen LogP contribution in [0.2, 0.25) is 5.02 Å². The van der Waals surface area contributed by atoms with Crippen LogP contribution in [-0.4, -0.2) is 48.9 Å². The van der Waals surface area contributed by atoms with Gasteiger partial charge in [0.25, 0.3) is 5.91 Å². The first-order valence-corrected chi connectivity index (χ1v) is 7.57. The molecule has 0 aliphatic carbocycles. The van der Waals surface area contributed by atoms with Gasteiger partial charge in [0.1, 0.15) is 0 Å². The Morgan fingerprint density at radius 3 is 2.95 bits per heavy atom. The number of halogens is 2. The molecule has 1 fully saturated rings. The van der Waals surface area contributed by atoms with Gasteiger partial charge in [0, 0.05) is 24.1 Å². The number of hydrogen-bond donors (Lipinski definition) is 0. The lowest BCUT2D eigenvalue weighted by Crippen LogP contribution is -2.39. The van der Waals surface area contributed by atoms with Crippen molar-refractivity contribution >= 4 is 33.4 Å². The Balaban J connectivity index is 2.08. The standard InChI is InChI=1S/C14H18BrClN2O/c1-17-7-3-4-11(17)9-18(2)14(19)12-8-10(15)5-6-13(12)16/h5-6,8,11H,3-4,7,9H2,1-2H3. The van der Waals surface area contributed by atoms with Crippen LogP contribution in [0.25, 0.3) is 0 Å². The molecule has 1 heterocycles. The zero-order chi connectivity index (χ0) is 14.0. The topological polar surface area (TPSA) is 23.6 Å². The van der Waals surface area contributed by atoms with Gasteiger partial charge < -0.3 is 9.80 Å². The summed E-state index contributed by atoms with van der Waals surface area (Å²) in [6.07, 6.45) is 2.36. The van der Waals surface area contributed by atoms with Crippen LogP contribution in [-0.2, 0) is 0 Å². The Bertz CT molecular complexity index is 481. The summed E-state index contributed by atoms with van der Waals surface area (Å²) >= 11 is 9.48. The summed E-state index contributed by atoms with van der Waals surface area (Å²) in [5, 5.41) is 0.500. The van der Waals surface area contributed by atoms with Crippen LogP contribution in [0, 0.1) is 0 Å². The second kappa shape index (κ2) is 6.25. The molecule has 1 aromatic carbocycles. The first-order valence-electron chi connectivity index (χ1n) is 6.40. The van der Waals surface area contributed by atoms with Crippen molar-refractivity contribution in [2.24, 2.45) is 0 Å². The van der Waals surface area contributed by atoms with Gasteiger partial charge in [0.15, 0.2) is 0 Å². The summed E-state index contributed by atoms with van der Waals surface area (Å²) in [4.78, 5) is 16.5. The smallest absolute Gasteiger partial charge is 0.255 e. The number of likely N-dealkylation sites (N-methyl/N-ethyl adjacent to an activating group) is 2. The van der Waals surface area contributed by atoms with Crippen LogP contribution >= 0.6 is 27.5 Å². The average Bonchev–Trinajstić information content (AvgIpc) is 2.77. The maximum atomic E-state index is 12.4. The molecule has 1 amide bonds. The van der Waals surface area contributed by atoms with E-state index in [0.29, 0.717) is 16.6 Å². The second-order valence-electron chi connectivity index (χ2n) is 5.09. The normalized spacial score (nSPS) is 19.7. The quantitative estimate of drug-likeness (QED) is 0.839. The third-order valence-corrected chi connectivity index (χ3v) is 4.48. The maximum absolute atomic E-state index is 12.4. The van der Waals surface area contributed by atoms with E-state index in [1.54, 1.807) is 17.0 Å². The highest BCUT2D eigenvalue weighted by Crippen LogP contribution is 2.23. The summed E-state index contributed by atoms with van der Waals surface area (Å²) in [5.41, 5.74) is 0.555. The molecule has 0 saturated carbocycles. The summed E-state index contributed by atoms with van der Waals surface area (Å²) in [6, 6.07) is 5.82. The Hall–Kier alpha value is -0.580. The van der Waals surface area contributed by atoms with Gasteiger partial charge in [-0.2, -0.15) is 0 Å². The van der Waals surface area contributed by atoms with E-state index < -0.39 is 0 Å². The molecule has 3 nitrogen and oxygen atoms in total. The van der Waals surface area contributed by atoms with Crippen LogP contribution in [0.1, 0.15) is 23.2 Å². The van der Waals surface area contributed by atoms with E-state index >= 15 is 0 Å². The Labute approximate surface area is 127 Å². The molecule has 0 aromatic heterocycles. The predicted octanol–water partition coefficient (Wildman–Crippen LogP) is 3.27. The summed E-state index contributed by atoms with van der Waals surface area (Å²) in [6.45, 7) is 1.86. The fraction of sp³-hybridized carbons (Fsp3) is 0.500. The largest absolute Gasteiger partial charge is 0.340 e. The Kier molecular flexibility index (Phi) is 4.87. The van der Waals surface area contributed by atoms with Crippen LogP contribution in [0.5, 0.6) is 0 Å². The third-order valence-electron chi connectivity index (χ3n) is 3.66. The zero-order valence-corrected chi connectivity index (χ0v) is 13.5. The number of benzene rings is 1. The zero-order valence-electron chi connectivity index (χ0n) is 11.2. The number of amides is 1. The van der Waals surface area contributed by atoms with Gasteiger partial charge >= 0.3 is 0 Å². The van der Waals surface area contributed by atoms with Crippen LogP contribution < -0.4 is 0 Å². The molecule has 5 heteroatoms. The van der Waals surface area contributed by atoms with Gasteiger partial charge in [0.05, 0.1) is 10.6 Å². The number of carbonyl (C=O) groups excluding carboxylic acids is 1. The first kappa shape index (κ1) is 14.8. The highest BCUT2D eigenvalue weighted by molar-refractivity contribution is 9.10. The fourth-order valence-corrected chi connectivity index (χ4v) is 3.04. The van der Waals surface area contributed by atoms with Gasteiger partial charge in [0.2, 0.25) is 0 Å². The molecule has 1 aliphatic heterocycles. The van der Waals surface area contributed by atoms with Gasteiger partial charge in [-0.15, -0.1) is 0 Å². The Morgan fingerprint density at radius 2 is 2.32 bits per heavy atom. The summed E-state index contributed by atoms with van der Waals surface area (Å²) < 4.78 is 0.867. The molecule has 0 radical (unpaired) electrons. The molecular weight excluding hydrogens is 328 g/mol. The monoisotopic (exact) mass is 344 g/mol. The van der Waals surface area contributed by atoms with Crippen LogP contribution in [0.3, 0.4) is 0 Å². The first-order chi connectivity index (χ1) is 8.99. The lowest BCUT2D eigenvalue weighted by molar-refractivity contribution is 0.0761. The predicted molar refractivity (Wildman–Crippen MR) is 81.8 cm³/mol. The highest BCUT2D eigenvalue weighted by Gasteiger charge is 2.25. The third kappa shape index (κ3) is 3.50. The van der Waals surface area contributed by atoms with Crippen molar-refractivity contribution in [3.63, 3.8) is 0 Å². The van der Waals surface area contributed by atoms with E-state index in [1.807, 2.05) is 13.1 Å². The van der Waals surface area contributed by atoms with Gasteiger partial charge in [-0.1, -0.05) is 27.5 Å². The van der Waals surface area contributed by atoms with E-state index in [-0.39, 0.29) is 5.91 Å². The van der Waals surface area contributed by atoms with Crippen molar-refractivity contribution in [3.8, 4) is 0 Å². The molecule has 1 saturated heterocycles. The minimum absolute atomic E-state index is 0.0217. The van der Waals surface area contributed by atoms with E-state index in [0.717, 1.165) is 24.0 Å². The number of likely N-dealkylation sites (tertiary alicyclic amines) is 1. The van der Waals surface area contributed by atoms with E-state index in [2.05, 4.69) is 27.9 Å². The second-order valence-corrected chi connectivity index (χ2v) is 6.41. The van der Waals surface area contributed by atoms with E-state index in [4.69, 9.17) is 11.6 Å². The molecule has 1 unspecified atom stereocenters. The highest BCUT2D eigenvalue weighted by atomic mass is 79.9. The number of rotatable bonds is 3. The average molecular weight is 346 g/mol. The molecule has 2 rings (SSSR count). The molecule has 1 aromatic rings. The minimum atomic E-state index is -0.0217. The summed E-state index contributed by atoms with van der Waals surface area (Å²) in [7, 11) is 3.95. The van der Waals surface area contributed by atoms with Crippen molar-refractivity contribution in [2.45, 2.75) is 18.9 Å².